The van der Waals surface area contributed by atoms with Crippen molar-refractivity contribution < 1.29 is 19.0 Å². The largest absolute Gasteiger partial charge is 0.462 e. The van der Waals surface area contributed by atoms with Crippen LogP contribution in [0.1, 0.15) is 98.8 Å². The predicted molar refractivity (Wildman–Crippen MR) is 132 cm³/mol. The normalized spacial score (nSPS) is 38.1. The maximum atomic E-state index is 14.2. The smallest absolute Gasteiger partial charge is 0.302 e. The first-order chi connectivity index (χ1) is 15.4. The van der Waals surface area contributed by atoms with Crippen LogP contribution in [0.4, 0.5) is 4.39 Å². The van der Waals surface area contributed by atoms with Crippen LogP contribution in [0.15, 0.2) is 35.5 Å². The van der Waals surface area contributed by atoms with Crippen molar-refractivity contribution in [1.29, 1.82) is 0 Å². The zero-order valence-corrected chi connectivity index (χ0v) is 21.5. The summed E-state index contributed by atoms with van der Waals surface area (Å²) in [6.07, 6.45) is 12.5. The number of esters is 1. The lowest BCUT2D eigenvalue weighted by Gasteiger charge is -2.44. The third-order valence-electron chi connectivity index (χ3n) is 8.65. The Morgan fingerprint density at radius 2 is 1.97 bits per heavy atom. The average Bonchev–Trinajstić information content (AvgIpc) is 2.99. The van der Waals surface area contributed by atoms with Crippen LogP contribution in [0.25, 0.3) is 0 Å². The minimum absolute atomic E-state index is 0.0170. The fourth-order valence-corrected chi connectivity index (χ4v) is 7.04. The second kappa shape index (κ2) is 10.5. The van der Waals surface area contributed by atoms with Crippen LogP contribution in [0.2, 0.25) is 0 Å². The van der Waals surface area contributed by atoms with Gasteiger partial charge in [-0.3, -0.25) is 4.79 Å². The van der Waals surface area contributed by atoms with E-state index in [0.29, 0.717) is 30.1 Å². The molecule has 0 spiro atoms. The number of alkyl halides is 1. The van der Waals surface area contributed by atoms with E-state index in [1.807, 2.05) is 6.08 Å². The van der Waals surface area contributed by atoms with E-state index in [0.717, 1.165) is 36.8 Å². The van der Waals surface area contributed by atoms with Crippen molar-refractivity contribution in [2.24, 2.45) is 29.1 Å². The lowest BCUT2D eigenvalue weighted by atomic mass is 9.60. The second-order valence-corrected chi connectivity index (χ2v) is 11.8. The lowest BCUT2D eigenvalue weighted by molar-refractivity contribution is -0.150. The number of ether oxygens (including phenoxy) is 1. The summed E-state index contributed by atoms with van der Waals surface area (Å²) < 4.78 is 20.1. The molecule has 0 radical (unpaired) electrons. The lowest BCUT2D eigenvalue weighted by Crippen LogP contribution is -2.39. The third-order valence-corrected chi connectivity index (χ3v) is 8.65. The van der Waals surface area contributed by atoms with Gasteiger partial charge in [0.15, 0.2) is 0 Å². The molecule has 0 bridgehead atoms. The third kappa shape index (κ3) is 6.18. The van der Waals surface area contributed by atoms with Crippen LogP contribution in [0.3, 0.4) is 0 Å². The van der Waals surface area contributed by atoms with E-state index >= 15 is 0 Å². The number of aliphatic hydroxyl groups is 1. The first kappa shape index (κ1) is 26.2. The van der Waals surface area contributed by atoms with Gasteiger partial charge >= 0.3 is 5.97 Å². The van der Waals surface area contributed by atoms with E-state index in [9.17, 15) is 14.3 Å². The summed E-state index contributed by atoms with van der Waals surface area (Å²) in [5.74, 6) is -0.379. The molecule has 186 valence electrons. The van der Waals surface area contributed by atoms with Gasteiger partial charge in [0, 0.05) is 25.7 Å². The number of halogens is 1. The molecule has 3 fully saturated rings. The Morgan fingerprint density at radius 1 is 1.24 bits per heavy atom. The second-order valence-electron chi connectivity index (χ2n) is 11.8. The summed E-state index contributed by atoms with van der Waals surface area (Å²) in [5.41, 5.74) is 3.23. The van der Waals surface area contributed by atoms with Gasteiger partial charge in [-0.1, -0.05) is 76.8 Å². The Hall–Kier alpha value is -1.42. The zero-order valence-electron chi connectivity index (χ0n) is 21.5. The highest BCUT2D eigenvalue weighted by atomic mass is 19.2. The molecule has 0 aromatic heterocycles. The Balaban J connectivity index is 1.85. The molecular formula is C29H45FO3. The zero-order chi connectivity index (χ0) is 24.4. The van der Waals surface area contributed by atoms with Gasteiger partial charge in [0.1, 0.15) is 6.10 Å². The van der Waals surface area contributed by atoms with Crippen molar-refractivity contribution in [2.45, 2.75) is 111 Å². The molecule has 1 N–H and O–H groups in total. The molecule has 0 aromatic rings. The van der Waals surface area contributed by atoms with Crippen molar-refractivity contribution in [3.05, 3.63) is 35.5 Å². The highest BCUT2D eigenvalue weighted by Gasteiger charge is 2.56. The number of hydrogen-bond donors (Lipinski definition) is 1. The first-order valence-corrected chi connectivity index (χ1v) is 13.1. The van der Waals surface area contributed by atoms with E-state index < -0.39 is 5.85 Å². The van der Waals surface area contributed by atoms with E-state index in [4.69, 9.17) is 4.74 Å². The summed E-state index contributed by atoms with van der Waals surface area (Å²) in [4.78, 5) is 12.0. The molecule has 0 heterocycles. The topological polar surface area (TPSA) is 46.5 Å². The minimum Gasteiger partial charge on any atom is -0.462 e. The Bertz CT molecular complexity index is 793. The van der Waals surface area contributed by atoms with Crippen molar-refractivity contribution in [3.8, 4) is 0 Å². The van der Waals surface area contributed by atoms with Crippen molar-refractivity contribution >= 4 is 5.97 Å². The molecule has 0 aliphatic heterocycles. The van der Waals surface area contributed by atoms with E-state index in [1.165, 1.54) is 31.8 Å². The molecule has 3 aliphatic carbocycles. The molecule has 0 amide bonds. The van der Waals surface area contributed by atoms with Crippen LogP contribution >= 0.6 is 0 Å². The summed E-state index contributed by atoms with van der Waals surface area (Å²) in [7, 11) is 0. The van der Waals surface area contributed by atoms with Gasteiger partial charge in [-0.25, -0.2) is 4.39 Å². The molecule has 3 nitrogen and oxygen atoms in total. The average molecular weight is 461 g/mol. The van der Waals surface area contributed by atoms with Gasteiger partial charge in [0.05, 0.1) is 0 Å². The Kier molecular flexibility index (Phi) is 8.30. The van der Waals surface area contributed by atoms with Gasteiger partial charge in [-0.05, 0) is 60.8 Å². The van der Waals surface area contributed by atoms with Crippen molar-refractivity contribution in [2.75, 3.05) is 0 Å². The SMILES string of the molecule is C=C1CC[C@](O)(F)C/C1=C\C=C1/CCC[C@@]2(C)[C@@H]([C@H](C)CCCC(C)C)C(OC(C)=O)C[C@@H]12. The number of allylic oxidation sites excluding steroid dienone is 4. The van der Waals surface area contributed by atoms with Gasteiger partial charge < -0.3 is 9.84 Å². The molecule has 0 aromatic carbocycles. The number of carbonyl (C=O) groups excluding carboxylic acids is 1. The monoisotopic (exact) mass is 460 g/mol. The van der Waals surface area contributed by atoms with Gasteiger partial charge in [-0.15, -0.1) is 0 Å². The molecule has 0 saturated heterocycles. The number of rotatable bonds is 7. The minimum atomic E-state index is -2.13. The fraction of sp³-hybridized carbons (Fsp3) is 0.759. The highest BCUT2D eigenvalue weighted by Crippen LogP contribution is 2.60. The van der Waals surface area contributed by atoms with E-state index in [-0.39, 0.29) is 30.3 Å². The molecule has 3 aliphatic rings. The maximum absolute atomic E-state index is 14.2. The summed E-state index contributed by atoms with van der Waals surface area (Å²) in [6.45, 7) is 14.9. The first-order valence-electron chi connectivity index (χ1n) is 13.1. The Morgan fingerprint density at radius 3 is 2.64 bits per heavy atom. The van der Waals surface area contributed by atoms with Crippen LogP contribution in [0.5, 0.6) is 0 Å². The molecule has 3 rings (SSSR count). The molecule has 33 heavy (non-hydrogen) atoms. The number of fused-ring (bicyclic) bond motifs is 1. The van der Waals surface area contributed by atoms with E-state index in [2.05, 4.69) is 40.3 Å². The molecule has 3 saturated carbocycles. The molecular weight excluding hydrogens is 415 g/mol. The van der Waals surface area contributed by atoms with Crippen LogP contribution < -0.4 is 0 Å². The fourth-order valence-electron chi connectivity index (χ4n) is 7.04. The quantitative estimate of drug-likeness (QED) is 0.401. The highest BCUT2D eigenvalue weighted by molar-refractivity contribution is 5.66. The predicted octanol–water partition coefficient (Wildman–Crippen LogP) is 7.46. The Labute approximate surface area is 200 Å². The molecule has 4 heteroatoms. The standard InChI is InChI=1S/C29H45FO3/c1-19(2)9-7-10-21(4)27-26(33-22(5)31)17-25-23(11-8-15-28(25,27)6)12-13-24-18-29(30,32)16-14-20(24)3/h12-13,19,21,25-27,32H,3,7-11,14-18H2,1-2,4-6H3/b23-12+,24-13+/t21-,25+,26?,27+,28-,29-/m1/s1. The van der Waals surface area contributed by atoms with Crippen LogP contribution in [-0.2, 0) is 9.53 Å². The van der Waals surface area contributed by atoms with Gasteiger partial charge in [0.2, 0.25) is 5.85 Å². The van der Waals surface area contributed by atoms with E-state index in [1.54, 1.807) is 0 Å². The van der Waals surface area contributed by atoms with Crippen LogP contribution in [0, 0.1) is 29.1 Å². The summed E-state index contributed by atoms with van der Waals surface area (Å²) >= 11 is 0. The van der Waals surface area contributed by atoms with Crippen LogP contribution in [-0.4, -0.2) is 23.0 Å². The number of hydrogen-bond acceptors (Lipinski definition) is 3. The van der Waals surface area contributed by atoms with Crippen molar-refractivity contribution in [3.63, 3.8) is 0 Å². The molecule has 6 atom stereocenters. The number of carbonyl (C=O) groups is 1. The molecule has 1 unspecified atom stereocenters. The summed E-state index contributed by atoms with van der Waals surface area (Å²) in [6, 6.07) is 0. The van der Waals surface area contributed by atoms with Gasteiger partial charge in [0.25, 0.3) is 0 Å². The van der Waals surface area contributed by atoms with Crippen molar-refractivity contribution in [1.82, 2.24) is 0 Å². The maximum Gasteiger partial charge on any atom is 0.302 e. The summed E-state index contributed by atoms with van der Waals surface area (Å²) in [5, 5.41) is 9.89. The van der Waals surface area contributed by atoms with Gasteiger partial charge in [-0.2, -0.15) is 0 Å².